The Morgan fingerprint density at radius 1 is 1.22 bits per heavy atom. The molecule has 0 radical (unpaired) electrons. The van der Waals surface area contributed by atoms with Crippen LogP contribution in [0.1, 0.15) is 39.0 Å². The molecule has 0 aliphatic heterocycles. The molecule has 18 heavy (non-hydrogen) atoms. The smallest absolute Gasteiger partial charge is 0.0589 e. The first-order valence-electron chi connectivity index (χ1n) is 7.39. The SMILES string of the molecule is CCCNC1CCC(N(CCO)CCOC)CC1. The molecule has 4 heteroatoms. The van der Waals surface area contributed by atoms with E-state index in [1.54, 1.807) is 7.11 Å². The molecule has 1 aliphatic rings. The molecule has 1 rings (SSSR count). The van der Waals surface area contributed by atoms with Crippen molar-refractivity contribution in [1.82, 2.24) is 10.2 Å². The Labute approximate surface area is 112 Å². The van der Waals surface area contributed by atoms with Crippen LogP contribution in [-0.2, 0) is 4.74 Å². The van der Waals surface area contributed by atoms with Gasteiger partial charge in [0.25, 0.3) is 0 Å². The number of hydrogen-bond acceptors (Lipinski definition) is 4. The maximum atomic E-state index is 9.14. The summed E-state index contributed by atoms with van der Waals surface area (Å²) >= 11 is 0. The Bertz CT molecular complexity index is 194. The van der Waals surface area contributed by atoms with Gasteiger partial charge in [0.15, 0.2) is 0 Å². The van der Waals surface area contributed by atoms with Crippen molar-refractivity contribution in [3.05, 3.63) is 0 Å². The summed E-state index contributed by atoms with van der Waals surface area (Å²) in [5.41, 5.74) is 0. The summed E-state index contributed by atoms with van der Waals surface area (Å²) in [6.45, 7) is 6.08. The van der Waals surface area contributed by atoms with E-state index in [0.29, 0.717) is 12.1 Å². The fraction of sp³-hybridized carbons (Fsp3) is 1.00. The molecule has 0 heterocycles. The van der Waals surface area contributed by atoms with Crippen LogP contribution >= 0.6 is 0 Å². The Morgan fingerprint density at radius 3 is 2.50 bits per heavy atom. The lowest BCUT2D eigenvalue weighted by Crippen LogP contribution is -2.44. The van der Waals surface area contributed by atoms with E-state index in [9.17, 15) is 0 Å². The van der Waals surface area contributed by atoms with Crippen LogP contribution in [0.25, 0.3) is 0 Å². The minimum atomic E-state index is 0.248. The van der Waals surface area contributed by atoms with Gasteiger partial charge in [0, 0.05) is 32.3 Å². The van der Waals surface area contributed by atoms with Crippen molar-refractivity contribution in [2.45, 2.75) is 51.1 Å². The molecular formula is C14H30N2O2. The summed E-state index contributed by atoms with van der Waals surface area (Å²) in [6.07, 6.45) is 6.22. The van der Waals surface area contributed by atoms with E-state index < -0.39 is 0 Å². The van der Waals surface area contributed by atoms with Gasteiger partial charge in [-0.15, -0.1) is 0 Å². The van der Waals surface area contributed by atoms with Crippen molar-refractivity contribution in [3.8, 4) is 0 Å². The molecular weight excluding hydrogens is 228 g/mol. The minimum absolute atomic E-state index is 0.248. The van der Waals surface area contributed by atoms with Crippen LogP contribution in [0.15, 0.2) is 0 Å². The summed E-state index contributed by atoms with van der Waals surface area (Å²) < 4.78 is 5.15. The van der Waals surface area contributed by atoms with Gasteiger partial charge in [-0.05, 0) is 38.6 Å². The van der Waals surface area contributed by atoms with E-state index in [1.807, 2.05) is 0 Å². The number of rotatable bonds is 9. The Hall–Kier alpha value is -0.160. The van der Waals surface area contributed by atoms with Gasteiger partial charge < -0.3 is 15.2 Å². The van der Waals surface area contributed by atoms with Crippen molar-refractivity contribution in [3.63, 3.8) is 0 Å². The fourth-order valence-electron chi connectivity index (χ4n) is 2.81. The lowest BCUT2D eigenvalue weighted by molar-refractivity contribution is 0.0808. The largest absolute Gasteiger partial charge is 0.395 e. The van der Waals surface area contributed by atoms with E-state index in [1.165, 1.54) is 32.1 Å². The third kappa shape index (κ3) is 5.65. The van der Waals surface area contributed by atoms with Crippen LogP contribution in [0.4, 0.5) is 0 Å². The topological polar surface area (TPSA) is 44.7 Å². The van der Waals surface area contributed by atoms with Gasteiger partial charge in [-0.1, -0.05) is 6.92 Å². The van der Waals surface area contributed by atoms with Crippen LogP contribution in [-0.4, -0.2) is 62.0 Å². The molecule has 1 fully saturated rings. The molecule has 0 atom stereocenters. The van der Waals surface area contributed by atoms with E-state index in [2.05, 4.69) is 17.1 Å². The molecule has 2 N–H and O–H groups in total. The quantitative estimate of drug-likeness (QED) is 0.653. The number of nitrogens with zero attached hydrogens (tertiary/aromatic N) is 1. The number of methoxy groups -OCH3 is 1. The highest BCUT2D eigenvalue weighted by atomic mass is 16.5. The summed E-state index contributed by atoms with van der Waals surface area (Å²) in [6, 6.07) is 1.34. The van der Waals surface area contributed by atoms with Crippen LogP contribution in [0.2, 0.25) is 0 Å². The van der Waals surface area contributed by atoms with Gasteiger partial charge in [-0.25, -0.2) is 0 Å². The molecule has 1 saturated carbocycles. The molecule has 0 spiro atoms. The second-order valence-corrected chi connectivity index (χ2v) is 5.21. The van der Waals surface area contributed by atoms with Gasteiger partial charge in [-0.2, -0.15) is 0 Å². The van der Waals surface area contributed by atoms with Crippen LogP contribution < -0.4 is 5.32 Å². The number of nitrogens with one attached hydrogen (secondary N) is 1. The zero-order valence-corrected chi connectivity index (χ0v) is 12.0. The first-order valence-corrected chi connectivity index (χ1v) is 7.39. The van der Waals surface area contributed by atoms with E-state index in [4.69, 9.17) is 9.84 Å². The van der Waals surface area contributed by atoms with Gasteiger partial charge in [0.05, 0.1) is 13.2 Å². The Balaban J connectivity index is 2.28. The highest BCUT2D eigenvalue weighted by molar-refractivity contribution is 4.82. The summed E-state index contributed by atoms with van der Waals surface area (Å²) in [5.74, 6) is 0. The lowest BCUT2D eigenvalue weighted by atomic mass is 9.90. The maximum absolute atomic E-state index is 9.14. The molecule has 0 bridgehead atoms. The molecule has 0 saturated heterocycles. The van der Waals surface area contributed by atoms with Crippen molar-refractivity contribution in [2.24, 2.45) is 0 Å². The van der Waals surface area contributed by atoms with Crippen molar-refractivity contribution >= 4 is 0 Å². The second kappa shape index (κ2) is 9.73. The molecule has 0 aromatic carbocycles. The zero-order valence-electron chi connectivity index (χ0n) is 12.0. The van der Waals surface area contributed by atoms with Crippen LogP contribution in [0, 0.1) is 0 Å². The first-order chi connectivity index (χ1) is 8.81. The Morgan fingerprint density at radius 2 is 1.94 bits per heavy atom. The van der Waals surface area contributed by atoms with Gasteiger partial charge in [0.2, 0.25) is 0 Å². The fourth-order valence-corrected chi connectivity index (χ4v) is 2.81. The highest BCUT2D eigenvalue weighted by Gasteiger charge is 2.24. The lowest BCUT2D eigenvalue weighted by Gasteiger charge is -2.36. The number of hydrogen-bond donors (Lipinski definition) is 2. The molecule has 0 aromatic rings. The summed E-state index contributed by atoms with van der Waals surface area (Å²) in [4.78, 5) is 2.39. The van der Waals surface area contributed by atoms with Gasteiger partial charge in [-0.3, -0.25) is 4.90 Å². The maximum Gasteiger partial charge on any atom is 0.0589 e. The number of aliphatic hydroxyl groups is 1. The predicted octanol–water partition coefficient (Wildman–Crippen LogP) is 1.24. The van der Waals surface area contributed by atoms with Crippen LogP contribution in [0.5, 0.6) is 0 Å². The standard InChI is InChI=1S/C14H30N2O2/c1-3-8-15-13-4-6-14(7-5-13)16(9-11-17)10-12-18-2/h13-15,17H,3-12H2,1-2H3. The van der Waals surface area contributed by atoms with Gasteiger partial charge in [0.1, 0.15) is 0 Å². The molecule has 0 aromatic heterocycles. The van der Waals surface area contributed by atoms with Crippen LogP contribution in [0.3, 0.4) is 0 Å². The second-order valence-electron chi connectivity index (χ2n) is 5.21. The average Bonchev–Trinajstić information content (AvgIpc) is 2.42. The zero-order chi connectivity index (χ0) is 13.2. The molecule has 0 amide bonds. The van der Waals surface area contributed by atoms with Crippen molar-refractivity contribution in [2.75, 3.05) is 40.0 Å². The molecule has 0 unspecified atom stereocenters. The Kier molecular flexibility index (Phi) is 8.59. The average molecular weight is 258 g/mol. The molecule has 1 aliphatic carbocycles. The first kappa shape index (κ1) is 15.9. The van der Waals surface area contributed by atoms with Crippen molar-refractivity contribution in [1.29, 1.82) is 0 Å². The molecule has 4 nitrogen and oxygen atoms in total. The summed E-state index contributed by atoms with van der Waals surface area (Å²) in [5, 5.41) is 12.8. The van der Waals surface area contributed by atoms with E-state index in [0.717, 1.165) is 26.2 Å². The normalized spacial score (nSPS) is 24.7. The third-order valence-electron chi connectivity index (χ3n) is 3.87. The van der Waals surface area contributed by atoms with Gasteiger partial charge >= 0.3 is 0 Å². The van der Waals surface area contributed by atoms with E-state index >= 15 is 0 Å². The molecule has 108 valence electrons. The van der Waals surface area contributed by atoms with Crippen molar-refractivity contribution < 1.29 is 9.84 Å². The number of aliphatic hydroxyl groups excluding tert-OH is 1. The monoisotopic (exact) mass is 258 g/mol. The number of ether oxygens (including phenoxy) is 1. The summed E-state index contributed by atoms with van der Waals surface area (Å²) in [7, 11) is 1.74. The predicted molar refractivity (Wildman–Crippen MR) is 74.9 cm³/mol. The third-order valence-corrected chi connectivity index (χ3v) is 3.87. The van der Waals surface area contributed by atoms with E-state index in [-0.39, 0.29) is 6.61 Å². The minimum Gasteiger partial charge on any atom is -0.395 e. The highest BCUT2D eigenvalue weighted by Crippen LogP contribution is 2.23.